The Balaban J connectivity index is 2.28. The number of carbonyl (C=O) groups is 1. The van der Waals surface area contributed by atoms with Gasteiger partial charge in [-0.3, -0.25) is 0 Å². The molecule has 1 fully saturated rings. The number of unbranched alkanes of at least 4 members (excludes halogenated alkanes) is 1. The summed E-state index contributed by atoms with van der Waals surface area (Å²) in [4.78, 5) is 15.6. The summed E-state index contributed by atoms with van der Waals surface area (Å²) in [7, 11) is 0. The van der Waals surface area contributed by atoms with Gasteiger partial charge in [-0.2, -0.15) is 0 Å². The van der Waals surface area contributed by atoms with Gasteiger partial charge in [-0.1, -0.05) is 13.3 Å². The molecule has 1 saturated heterocycles. The first-order chi connectivity index (χ1) is 6.79. The van der Waals surface area contributed by atoms with Crippen molar-refractivity contribution in [2.24, 2.45) is 0 Å². The van der Waals surface area contributed by atoms with Crippen molar-refractivity contribution < 1.29 is 4.79 Å². The van der Waals surface area contributed by atoms with Gasteiger partial charge in [0.2, 0.25) is 0 Å². The molecule has 82 valence electrons. The first-order valence-electron chi connectivity index (χ1n) is 5.39. The molecule has 4 heteroatoms. The molecule has 0 aliphatic carbocycles. The van der Waals surface area contributed by atoms with E-state index in [0.717, 1.165) is 45.4 Å². The van der Waals surface area contributed by atoms with Crippen molar-refractivity contribution >= 4 is 17.6 Å². The van der Waals surface area contributed by atoms with E-state index in [0.29, 0.717) is 5.88 Å². The van der Waals surface area contributed by atoms with Crippen molar-refractivity contribution in [3.8, 4) is 0 Å². The van der Waals surface area contributed by atoms with Crippen LogP contribution in [-0.2, 0) is 0 Å². The highest BCUT2D eigenvalue weighted by molar-refractivity contribution is 6.17. The third-order valence-corrected chi connectivity index (χ3v) is 2.79. The van der Waals surface area contributed by atoms with Gasteiger partial charge in [0.15, 0.2) is 0 Å². The van der Waals surface area contributed by atoms with Crippen LogP contribution in [0.1, 0.15) is 26.2 Å². The van der Waals surface area contributed by atoms with Gasteiger partial charge in [-0.15, -0.1) is 11.6 Å². The summed E-state index contributed by atoms with van der Waals surface area (Å²) in [6.45, 7) is 5.63. The Labute approximate surface area is 91.0 Å². The molecule has 14 heavy (non-hydrogen) atoms. The number of hydrogen-bond donors (Lipinski definition) is 0. The predicted molar refractivity (Wildman–Crippen MR) is 58.8 cm³/mol. The van der Waals surface area contributed by atoms with Crippen LogP contribution in [-0.4, -0.2) is 47.9 Å². The maximum absolute atomic E-state index is 11.7. The summed E-state index contributed by atoms with van der Waals surface area (Å²) < 4.78 is 0. The molecule has 3 nitrogen and oxygen atoms in total. The fourth-order valence-electron chi connectivity index (χ4n) is 1.65. The summed E-state index contributed by atoms with van der Waals surface area (Å²) >= 11 is 5.60. The summed E-state index contributed by atoms with van der Waals surface area (Å²) in [6.07, 6.45) is 3.15. The molecule has 0 aromatic heterocycles. The third-order valence-electron chi connectivity index (χ3n) is 2.52. The van der Waals surface area contributed by atoms with E-state index in [1.165, 1.54) is 0 Å². The fourth-order valence-corrected chi connectivity index (χ4v) is 1.77. The maximum Gasteiger partial charge on any atom is 0.320 e. The summed E-state index contributed by atoms with van der Waals surface area (Å²) in [6, 6.07) is 0.198. The number of amides is 2. The normalized spacial score (nSPS) is 16.9. The van der Waals surface area contributed by atoms with Gasteiger partial charge < -0.3 is 9.80 Å². The zero-order valence-corrected chi connectivity index (χ0v) is 9.59. The van der Waals surface area contributed by atoms with Crippen molar-refractivity contribution in [3.05, 3.63) is 0 Å². The van der Waals surface area contributed by atoms with Crippen molar-refractivity contribution in [1.29, 1.82) is 0 Å². The smallest absolute Gasteiger partial charge is 0.320 e. The van der Waals surface area contributed by atoms with Crippen LogP contribution in [0.3, 0.4) is 0 Å². The Bertz CT molecular complexity index is 169. The first-order valence-corrected chi connectivity index (χ1v) is 5.93. The van der Waals surface area contributed by atoms with E-state index in [-0.39, 0.29) is 6.03 Å². The molecule has 0 N–H and O–H groups in total. The Morgan fingerprint density at radius 3 is 2.29 bits per heavy atom. The van der Waals surface area contributed by atoms with Crippen molar-refractivity contribution in [3.63, 3.8) is 0 Å². The highest BCUT2D eigenvalue weighted by Crippen LogP contribution is 2.10. The molecule has 0 aromatic rings. The minimum Gasteiger partial charge on any atom is -0.323 e. The molecular formula is C10H19ClN2O. The van der Waals surface area contributed by atoms with Crippen LogP contribution in [0.4, 0.5) is 4.79 Å². The minimum absolute atomic E-state index is 0.198. The molecule has 0 unspecified atom stereocenters. The molecule has 1 rings (SSSR count). The van der Waals surface area contributed by atoms with E-state index in [1.54, 1.807) is 0 Å². The van der Waals surface area contributed by atoms with Crippen LogP contribution >= 0.6 is 11.6 Å². The molecule has 1 aliphatic rings. The minimum atomic E-state index is 0.198. The highest BCUT2D eigenvalue weighted by atomic mass is 35.5. The summed E-state index contributed by atoms with van der Waals surface area (Å²) in [5.41, 5.74) is 0. The standard InChI is InChI=1S/C10H19ClN2O/c1-2-3-6-12-8-9-13(10(12)14)7-4-5-11/h2-9H2,1H3. The largest absolute Gasteiger partial charge is 0.323 e. The molecule has 0 radical (unpaired) electrons. The van der Waals surface area contributed by atoms with E-state index >= 15 is 0 Å². The Kier molecular flexibility index (Phi) is 5.09. The van der Waals surface area contributed by atoms with Gasteiger partial charge in [0.1, 0.15) is 0 Å². The molecule has 2 amide bonds. The number of urea groups is 1. The fraction of sp³-hybridized carbons (Fsp3) is 0.900. The Morgan fingerprint density at radius 2 is 1.79 bits per heavy atom. The summed E-state index contributed by atoms with van der Waals surface area (Å²) in [5, 5.41) is 0. The van der Waals surface area contributed by atoms with Gasteiger partial charge in [-0.25, -0.2) is 4.79 Å². The van der Waals surface area contributed by atoms with E-state index in [9.17, 15) is 4.79 Å². The zero-order chi connectivity index (χ0) is 10.4. The van der Waals surface area contributed by atoms with Crippen LogP contribution in [0.2, 0.25) is 0 Å². The van der Waals surface area contributed by atoms with Crippen molar-refractivity contribution in [1.82, 2.24) is 9.80 Å². The number of carbonyl (C=O) groups excluding carboxylic acids is 1. The third kappa shape index (κ3) is 3.05. The second kappa shape index (κ2) is 6.12. The number of alkyl halides is 1. The predicted octanol–water partition coefficient (Wildman–Crippen LogP) is 2.15. The van der Waals surface area contributed by atoms with E-state index in [4.69, 9.17) is 11.6 Å². The molecule has 0 saturated carbocycles. The first kappa shape index (κ1) is 11.6. The Hall–Kier alpha value is -0.440. The molecule has 0 aromatic carbocycles. The van der Waals surface area contributed by atoms with Crippen molar-refractivity contribution in [2.45, 2.75) is 26.2 Å². The molecule has 1 heterocycles. The monoisotopic (exact) mass is 218 g/mol. The van der Waals surface area contributed by atoms with Gasteiger partial charge in [0.05, 0.1) is 0 Å². The lowest BCUT2D eigenvalue weighted by atomic mass is 10.3. The topological polar surface area (TPSA) is 23.6 Å². The second-order valence-corrected chi connectivity index (χ2v) is 4.03. The van der Waals surface area contributed by atoms with Crippen LogP contribution in [0.25, 0.3) is 0 Å². The van der Waals surface area contributed by atoms with Gasteiger partial charge in [0, 0.05) is 32.1 Å². The van der Waals surface area contributed by atoms with Gasteiger partial charge in [0.25, 0.3) is 0 Å². The van der Waals surface area contributed by atoms with Crippen molar-refractivity contribution in [2.75, 3.05) is 32.1 Å². The average Bonchev–Trinajstić information content (AvgIpc) is 2.54. The number of halogens is 1. The lowest BCUT2D eigenvalue weighted by molar-refractivity contribution is 0.191. The average molecular weight is 219 g/mol. The Morgan fingerprint density at radius 1 is 1.21 bits per heavy atom. The number of nitrogens with zero attached hydrogens (tertiary/aromatic N) is 2. The quantitative estimate of drug-likeness (QED) is 0.627. The lowest BCUT2D eigenvalue weighted by Gasteiger charge is -2.17. The molecule has 0 atom stereocenters. The SMILES string of the molecule is CCCCN1CCN(CCCCl)C1=O. The lowest BCUT2D eigenvalue weighted by Crippen LogP contribution is -2.33. The van der Waals surface area contributed by atoms with Gasteiger partial charge >= 0.3 is 6.03 Å². The summed E-state index contributed by atoms with van der Waals surface area (Å²) in [5.74, 6) is 0.638. The van der Waals surface area contributed by atoms with Crippen LogP contribution in [0.5, 0.6) is 0 Å². The van der Waals surface area contributed by atoms with E-state index in [1.807, 2.05) is 9.80 Å². The van der Waals surface area contributed by atoms with Crippen LogP contribution in [0, 0.1) is 0 Å². The highest BCUT2D eigenvalue weighted by Gasteiger charge is 2.26. The van der Waals surface area contributed by atoms with Crippen LogP contribution < -0.4 is 0 Å². The van der Waals surface area contributed by atoms with Crippen LogP contribution in [0.15, 0.2) is 0 Å². The van der Waals surface area contributed by atoms with E-state index in [2.05, 4.69) is 6.92 Å². The number of rotatable bonds is 6. The zero-order valence-electron chi connectivity index (χ0n) is 8.84. The molecule has 0 bridgehead atoms. The number of hydrogen-bond acceptors (Lipinski definition) is 1. The molecular weight excluding hydrogens is 200 g/mol. The van der Waals surface area contributed by atoms with Gasteiger partial charge in [-0.05, 0) is 12.8 Å². The second-order valence-electron chi connectivity index (χ2n) is 3.65. The molecule has 0 spiro atoms. The molecule has 1 aliphatic heterocycles. The van der Waals surface area contributed by atoms with E-state index < -0.39 is 0 Å². The maximum atomic E-state index is 11.7.